The van der Waals surface area contributed by atoms with Gasteiger partial charge < -0.3 is 4.40 Å². The summed E-state index contributed by atoms with van der Waals surface area (Å²) in [6.07, 6.45) is 6.24. The lowest BCUT2D eigenvalue weighted by atomic mass is 9.67. The molecule has 4 heterocycles. The van der Waals surface area contributed by atoms with Crippen molar-refractivity contribution in [2.45, 2.75) is 39.9 Å². The molecule has 92 heavy (non-hydrogen) atoms. The molecule has 422 valence electrons. The molecular formula is C89H51N3. The van der Waals surface area contributed by atoms with Gasteiger partial charge in [0.2, 0.25) is 0 Å². The van der Waals surface area contributed by atoms with Crippen LogP contribution in [0.25, 0.3) is 105 Å². The van der Waals surface area contributed by atoms with E-state index in [9.17, 15) is 0 Å². The fraction of sp³-hybridized carbons (Fsp3) is 0.0787. The molecule has 0 bridgehead atoms. The first-order valence-electron chi connectivity index (χ1n) is 32.8. The number of hydrogen-bond donors (Lipinski definition) is 0. The molecule has 5 spiro atoms. The highest BCUT2D eigenvalue weighted by atomic mass is 15.0. The summed E-state index contributed by atoms with van der Waals surface area (Å²) in [4.78, 5) is 12.4. The molecule has 12 aromatic carbocycles. The number of benzene rings is 12. The summed E-state index contributed by atoms with van der Waals surface area (Å²) in [7, 11) is 0. The predicted molar refractivity (Wildman–Crippen MR) is 369 cm³/mol. The second-order valence-corrected chi connectivity index (χ2v) is 27.6. The summed E-state index contributed by atoms with van der Waals surface area (Å²) in [6.45, 7) is 0. The van der Waals surface area contributed by atoms with Gasteiger partial charge in [-0.15, -0.1) is 0 Å². The number of pyridine rings is 2. The zero-order chi connectivity index (χ0) is 59.3. The maximum absolute atomic E-state index is 6.22. The molecule has 0 atom stereocenters. The molecule has 24 rings (SSSR count). The molecule has 8 aliphatic rings. The first kappa shape index (κ1) is 47.7. The summed E-state index contributed by atoms with van der Waals surface area (Å²) in [5.41, 5.74) is 37.3. The lowest BCUT2D eigenvalue weighted by molar-refractivity contribution is 0.511. The van der Waals surface area contributed by atoms with Crippen LogP contribution < -0.4 is 0 Å². The van der Waals surface area contributed by atoms with Crippen LogP contribution in [0.3, 0.4) is 0 Å². The van der Waals surface area contributed by atoms with E-state index in [-0.39, 0.29) is 0 Å². The van der Waals surface area contributed by atoms with Gasteiger partial charge in [0.25, 0.3) is 0 Å². The van der Waals surface area contributed by atoms with Crippen LogP contribution >= 0.6 is 0 Å². The maximum atomic E-state index is 6.22. The quantitative estimate of drug-likeness (QED) is 0.151. The molecule has 0 aliphatic heterocycles. The Labute approximate surface area is 530 Å². The minimum atomic E-state index is -0.642. The van der Waals surface area contributed by atoms with Gasteiger partial charge in [-0.1, -0.05) is 267 Å². The normalized spacial score (nSPS) is 17.0. The average molecular weight is 1160 g/mol. The summed E-state index contributed by atoms with van der Waals surface area (Å²) >= 11 is 0. The lowest BCUT2D eigenvalue weighted by Gasteiger charge is -2.33. The zero-order valence-electron chi connectivity index (χ0n) is 49.9. The summed E-state index contributed by atoms with van der Waals surface area (Å²) in [6, 6.07) is 106. The van der Waals surface area contributed by atoms with Gasteiger partial charge in [-0.2, -0.15) is 0 Å². The van der Waals surface area contributed by atoms with E-state index >= 15 is 0 Å². The largest absolute Gasteiger partial charge is 0.305 e. The molecule has 16 aromatic rings. The first-order chi connectivity index (χ1) is 45.6. The standard InChI is InChI=1S/C89H51N3/c1-12-34-62-50(23-1)51-24-2-13-35-63(51)85(62)48-87(66-38-16-5-27-54(66)55-28-6-17-39-67(55)87)83-80(85)77-61-45-73-76(60-33-11-22-44-72(60)89(73)70-42-20-9-31-58(70)59-32-10-21-43-71(59)89)79-78-75(92(82(61)79)74(77)46-90-83)47-91-84-81(78)86(64-36-14-3-25-52(64)53-26-4-15-37-65(53)86)49-88(84)68-40-18-7-29-56(68)57-30-8-19-41-69(57)88/h1-47H,48-49H2. The van der Waals surface area contributed by atoms with Crippen LogP contribution in [0, 0.1) is 0 Å². The predicted octanol–water partition coefficient (Wildman–Crippen LogP) is 20.0. The van der Waals surface area contributed by atoms with Crippen molar-refractivity contribution < 1.29 is 0 Å². The molecule has 8 aliphatic carbocycles. The van der Waals surface area contributed by atoms with Crippen molar-refractivity contribution in [2.75, 3.05) is 0 Å². The Morgan fingerprint density at radius 3 is 0.891 bits per heavy atom. The van der Waals surface area contributed by atoms with Gasteiger partial charge in [0.1, 0.15) is 0 Å². The van der Waals surface area contributed by atoms with Crippen molar-refractivity contribution in [1.82, 2.24) is 14.4 Å². The van der Waals surface area contributed by atoms with Gasteiger partial charge >= 0.3 is 0 Å². The van der Waals surface area contributed by atoms with Crippen LogP contribution in [0.5, 0.6) is 0 Å². The Morgan fingerprint density at radius 2 is 0.533 bits per heavy atom. The highest BCUT2D eigenvalue weighted by Crippen LogP contribution is 2.74. The lowest BCUT2D eigenvalue weighted by Crippen LogP contribution is -2.30. The SMILES string of the molecule is c1ccc2c(c1)-c1ccccc1C21CC2(c3ccccc3-c3ccccc32)c2c1ncc1c2c2cc3c(c4c5c6c(ncc5n1c24)C1(CC62c4ccccc4-c4ccccc42)c2ccccc2-c2ccccc21)-c1ccccc1C31c2ccccc2-c2ccccc21. The van der Waals surface area contributed by atoms with Gasteiger partial charge in [0.05, 0.1) is 67.4 Å². The molecule has 3 nitrogen and oxygen atoms in total. The minimum Gasteiger partial charge on any atom is -0.305 e. The summed E-state index contributed by atoms with van der Waals surface area (Å²) < 4.78 is 2.68. The Bertz CT molecular complexity index is 5960. The molecule has 0 radical (unpaired) electrons. The molecular weight excluding hydrogens is 1110 g/mol. The Hall–Kier alpha value is -11.3. The van der Waals surface area contributed by atoms with E-state index < -0.39 is 27.1 Å². The van der Waals surface area contributed by atoms with E-state index in [1.54, 1.807) is 0 Å². The van der Waals surface area contributed by atoms with Gasteiger partial charge in [0.15, 0.2) is 0 Å². The zero-order valence-corrected chi connectivity index (χ0v) is 49.9. The molecule has 0 fully saturated rings. The Balaban J connectivity index is 0.963. The topological polar surface area (TPSA) is 30.2 Å². The number of fused-ring (bicyclic) bond motifs is 45. The van der Waals surface area contributed by atoms with Crippen LogP contribution in [0.2, 0.25) is 0 Å². The highest BCUT2D eigenvalue weighted by molar-refractivity contribution is 6.31. The molecule has 0 saturated heterocycles. The molecule has 0 amide bonds. The van der Waals surface area contributed by atoms with Crippen LogP contribution in [0.4, 0.5) is 0 Å². The van der Waals surface area contributed by atoms with Gasteiger partial charge in [-0.25, -0.2) is 0 Å². The van der Waals surface area contributed by atoms with Gasteiger partial charge in [-0.3, -0.25) is 9.97 Å². The fourth-order valence-corrected chi connectivity index (χ4v) is 21.9. The average Bonchev–Trinajstić information content (AvgIpc) is 1.47. The number of nitrogens with zero attached hydrogens (tertiary/aromatic N) is 3. The third-order valence-corrected chi connectivity index (χ3v) is 24.6. The first-order valence-corrected chi connectivity index (χ1v) is 32.8. The fourth-order valence-electron chi connectivity index (χ4n) is 21.9. The van der Waals surface area contributed by atoms with Crippen molar-refractivity contribution in [1.29, 1.82) is 0 Å². The molecule has 0 unspecified atom stereocenters. The number of aromatic nitrogens is 3. The van der Waals surface area contributed by atoms with Crippen LogP contribution in [-0.2, 0) is 27.1 Å². The third-order valence-electron chi connectivity index (χ3n) is 24.6. The van der Waals surface area contributed by atoms with Crippen molar-refractivity contribution in [2.24, 2.45) is 0 Å². The second-order valence-electron chi connectivity index (χ2n) is 27.6. The maximum Gasteiger partial charge on any atom is 0.0729 e. The number of rotatable bonds is 0. The van der Waals surface area contributed by atoms with Gasteiger partial charge in [0, 0.05) is 32.7 Å². The monoisotopic (exact) mass is 1160 g/mol. The van der Waals surface area contributed by atoms with E-state index in [2.05, 4.69) is 290 Å². The van der Waals surface area contributed by atoms with Gasteiger partial charge in [-0.05, 0) is 152 Å². The third kappa shape index (κ3) is 4.77. The second kappa shape index (κ2) is 15.6. The Morgan fingerprint density at radius 1 is 0.261 bits per heavy atom. The van der Waals surface area contributed by atoms with E-state index in [1.807, 2.05) is 0 Å². The van der Waals surface area contributed by atoms with Crippen molar-refractivity contribution >= 4 is 38.1 Å². The van der Waals surface area contributed by atoms with E-state index in [0.29, 0.717) is 0 Å². The van der Waals surface area contributed by atoms with Crippen molar-refractivity contribution in [3.63, 3.8) is 0 Å². The molecule has 4 aromatic heterocycles. The molecule has 0 N–H and O–H groups in total. The number of hydrogen-bond acceptors (Lipinski definition) is 2. The Kier molecular flexibility index (Phi) is 8.11. The van der Waals surface area contributed by atoms with Crippen molar-refractivity contribution in [3.05, 3.63) is 375 Å². The van der Waals surface area contributed by atoms with Crippen molar-refractivity contribution in [3.8, 4) is 66.8 Å². The minimum absolute atomic E-state index is 0.571. The summed E-state index contributed by atoms with van der Waals surface area (Å²) in [5, 5.41) is 5.17. The van der Waals surface area contributed by atoms with E-state index in [1.165, 1.54) is 172 Å². The van der Waals surface area contributed by atoms with E-state index in [0.717, 1.165) is 35.3 Å². The molecule has 0 saturated carbocycles. The van der Waals surface area contributed by atoms with Crippen LogP contribution in [0.1, 0.15) is 102 Å². The van der Waals surface area contributed by atoms with Crippen LogP contribution in [0.15, 0.2) is 285 Å². The van der Waals surface area contributed by atoms with E-state index in [4.69, 9.17) is 9.97 Å². The van der Waals surface area contributed by atoms with Crippen LogP contribution in [-0.4, -0.2) is 14.4 Å². The molecule has 3 heteroatoms. The smallest absolute Gasteiger partial charge is 0.0729 e. The summed E-state index contributed by atoms with van der Waals surface area (Å²) in [5.74, 6) is 0. The highest BCUT2D eigenvalue weighted by Gasteiger charge is 2.66.